The van der Waals surface area contributed by atoms with Crippen molar-refractivity contribution in [2.24, 2.45) is 0 Å². The van der Waals surface area contributed by atoms with E-state index in [1.807, 2.05) is 62.4 Å². The highest BCUT2D eigenvalue weighted by atomic mass is 79.9. The first-order valence-corrected chi connectivity index (χ1v) is 22.5. The summed E-state index contributed by atoms with van der Waals surface area (Å²) in [6.07, 6.45) is 0. The van der Waals surface area contributed by atoms with Gasteiger partial charge in [-0.15, -0.1) is 0 Å². The minimum Gasteiger partial charge on any atom is -0.354 e. The van der Waals surface area contributed by atoms with Gasteiger partial charge < -0.3 is 9.55 Å². The summed E-state index contributed by atoms with van der Waals surface area (Å²) in [4.78, 5) is 3.52. The Balaban J connectivity index is 0.000000132. The van der Waals surface area contributed by atoms with Gasteiger partial charge in [-0.2, -0.15) is 0 Å². The molecule has 0 saturated carbocycles. The predicted octanol–water partition coefficient (Wildman–Crippen LogP) is 17.5. The maximum atomic E-state index is 6.41. The number of rotatable bonds is 1. The van der Waals surface area contributed by atoms with Gasteiger partial charge in [0, 0.05) is 63.6 Å². The summed E-state index contributed by atoms with van der Waals surface area (Å²) < 4.78 is 3.47. The van der Waals surface area contributed by atoms with Gasteiger partial charge in [0.2, 0.25) is 0 Å². The number of hydrogen-bond acceptors (Lipinski definition) is 0. The number of H-pyrrole nitrogens is 1. The SMILES string of the molecule is Brc1ccccc1.CC.CC1(C)c2ccccc2-c2cc3[nH]c4cc(Cl)ccc4c3cc21.CC1(C)c2ccccc2-c2cc3c(cc21)c1ccc(Cl)cc1n3-c1ccccc1. The number of aromatic nitrogens is 2. The number of hydrogen-bond donors (Lipinski definition) is 1. The Morgan fingerprint density at radius 2 is 0.902 bits per heavy atom. The standard InChI is InChI=1S/C27H20ClN.C21H16ClN.C6H5Br.C2H6/c1-27(2)23-11-7-6-10-19(23)21-16-26-22(15-24(21)27)20-13-12-17(28)14-25(20)29(26)18-8-4-3-5-9-18;1-21(2)17-6-4-3-5-13(17)15-11-20-16(10-18(15)21)14-8-7-12(22)9-19(14)23-20;7-6-4-2-1-3-5-6;1-2/h3-16H,1-2H3;3-11,23H,1-2H3;1-5H;1-2H3. The molecule has 61 heavy (non-hydrogen) atoms. The van der Waals surface area contributed by atoms with E-state index in [1.54, 1.807) is 0 Å². The van der Waals surface area contributed by atoms with Crippen molar-refractivity contribution in [1.82, 2.24) is 9.55 Å². The van der Waals surface area contributed by atoms with Crippen LogP contribution in [-0.2, 0) is 10.8 Å². The zero-order chi connectivity index (χ0) is 42.6. The lowest BCUT2D eigenvalue weighted by Crippen LogP contribution is -2.14. The van der Waals surface area contributed by atoms with E-state index in [2.05, 4.69) is 175 Å². The molecule has 5 heteroatoms. The molecule has 2 aliphatic carbocycles. The second-order valence-electron chi connectivity index (χ2n) is 16.6. The van der Waals surface area contributed by atoms with Crippen LogP contribution in [0.5, 0.6) is 0 Å². The third kappa shape index (κ3) is 6.98. The second kappa shape index (κ2) is 16.0. The number of nitrogens with one attached hydrogen (secondary N) is 1. The maximum Gasteiger partial charge on any atom is 0.0555 e. The summed E-state index contributed by atoms with van der Waals surface area (Å²) in [6, 6.07) is 59.8. The number of halogens is 3. The predicted molar refractivity (Wildman–Crippen MR) is 267 cm³/mol. The maximum absolute atomic E-state index is 6.41. The van der Waals surface area contributed by atoms with Crippen molar-refractivity contribution in [3.63, 3.8) is 0 Å². The third-order valence-corrected chi connectivity index (χ3v) is 13.4. The fourth-order valence-electron chi connectivity index (χ4n) is 9.53. The van der Waals surface area contributed by atoms with Crippen molar-refractivity contribution in [2.75, 3.05) is 0 Å². The fourth-order valence-corrected chi connectivity index (χ4v) is 10.2. The molecule has 0 spiro atoms. The van der Waals surface area contributed by atoms with E-state index in [4.69, 9.17) is 23.2 Å². The molecule has 0 saturated heterocycles. The van der Waals surface area contributed by atoms with E-state index in [-0.39, 0.29) is 10.8 Å². The van der Waals surface area contributed by atoms with E-state index in [0.29, 0.717) is 0 Å². The van der Waals surface area contributed by atoms with Crippen LogP contribution in [0.3, 0.4) is 0 Å². The van der Waals surface area contributed by atoms with Crippen LogP contribution in [0.1, 0.15) is 63.8 Å². The molecule has 2 heterocycles. The van der Waals surface area contributed by atoms with Gasteiger partial charge in [0.15, 0.2) is 0 Å². The van der Waals surface area contributed by atoms with Crippen LogP contribution in [0.15, 0.2) is 174 Å². The molecule has 0 unspecified atom stereocenters. The van der Waals surface area contributed by atoms with Gasteiger partial charge in [-0.1, -0.05) is 178 Å². The van der Waals surface area contributed by atoms with Gasteiger partial charge >= 0.3 is 0 Å². The van der Waals surface area contributed by atoms with Gasteiger partial charge in [0.1, 0.15) is 0 Å². The summed E-state index contributed by atoms with van der Waals surface area (Å²) in [5.74, 6) is 0. The fraction of sp³-hybridized carbons (Fsp3) is 0.143. The van der Waals surface area contributed by atoms with Crippen LogP contribution in [0.25, 0.3) is 71.6 Å². The van der Waals surface area contributed by atoms with Crippen LogP contribution in [0, 0.1) is 0 Å². The Morgan fingerprint density at radius 3 is 1.49 bits per heavy atom. The Kier molecular flexibility index (Phi) is 10.7. The van der Waals surface area contributed by atoms with Gasteiger partial charge in [-0.05, 0) is 117 Å². The molecule has 0 bridgehead atoms. The normalized spacial score (nSPS) is 13.6. The van der Waals surface area contributed by atoms with Gasteiger partial charge in [0.05, 0.1) is 11.0 Å². The number of para-hydroxylation sites is 1. The molecular formula is C56H47BrCl2N2. The summed E-state index contributed by atoms with van der Waals surface area (Å²) in [5.41, 5.74) is 16.8. The number of fused-ring (bicyclic) bond motifs is 12. The lowest BCUT2D eigenvalue weighted by molar-refractivity contribution is 0.661. The summed E-state index contributed by atoms with van der Waals surface area (Å²) in [6.45, 7) is 13.3. The first kappa shape index (κ1) is 40.8. The Morgan fingerprint density at radius 1 is 0.426 bits per heavy atom. The van der Waals surface area contributed by atoms with E-state index < -0.39 is 0 Å². The largest absolute Gasteiger partial charge is 0.354 e. The molecule has 12 rings (SSSR count). The van der Waals surface area contributed by atoms with Crippen molar-refractivity contribution in [3.05, 3.63) is 207 Å². The highest BCUT2D eigenvalue weighted by Crippen LogP contribution is 2.52. The molecule has 0 radical (unpaired) electrons. The van der Waals surface area contributed by atoms with Crippen LogP contribution < -0.4 is 0 Å². The molecule has 1 N–H and O–H groups in total. The number of benzene rings is 8. The van der Waals surface area contributed by atoms with Crippen LogP contribution in [0.4, 0.5) is 0 Å². The topological polar surface area (TPSA) is 20.7 Å². The second-order valence-corrected chi connectivity index (χ2v) is 18.4. The molecule has 2 nitrogen and oxygen atoms in total. The zero-order valence-electron chi connectivity index (χ0n) is 35.2. The van der Waals surface area contributed by atoms with Gasteiger partial charge in [0.25, 0.3) is 0 Å². The van der Waals surface area contributed by atoms with Crippen LogP contribution >= 0.6 is 39.1 Å². The lowest BCUT2D eigenvalue weighted by atomic mass is 9.82. The Hall–Kier alpha value is -5.58. The Labute approximate surface area is 376 Å². The average Bonchev–Trinajstić information content (AvgIpc) is 3.93. The summed E-state index contributed by atoms with van der Waals surface area (Å²) >= 11 is 15.9. The van der Waals surface area contributed by atoms with Crippen LogP contribution in [-0.4, -0.2) is 9.55 Å². The summed E-state index contributed by atoms with van der Waals surface area (Å²) in [5, 5.41) is 6.55. The highest BCUT2D eigenvalue weighted by Gasteiger charge is 2.37. The van der Waals surface area contributed by atoms with Crippen molar-refractivity contribution >= 4 is 82.7 Å². The molecule has 2 aromatic heterocycles. The van der Waals surface area contributed by atoms with E-state index in [9.17, 15) is 0 Å². The van der Waals surface area contributed by atoms with Crippen LogP contribution in [0.2, 0.25) is 10.0 Å². The molecule has 10 aromatic rings. The summed E-state index contributed by atoms with van der Waals surface area (Å²) in [7, 11) is 0. The third-order valence-electron chi connectivity index (χ3n) is 12.4. The first-order chi connectivity index (χ1) is 29.5. The smallest absolute Gasteiger partial charge is 0.0555 e. The molecule has 0 amide bonds. The molecule has 8 aromatic carbocycles. The zero-order valence-corrected chi connectivity index (χ0v) is 38.3. The molecule has 0 aliphatic heterocycles. The van der Waals surface area contributed by atoms with Gasteiger partial charge in [-0.3, -0.25) is 0 Å². The number of aromatic amines is 1. The monoisotopic (exact) mass is 896 g/mol. The van der Waals surface area contributed by atoms with E-state index in [0.717, 1.165) is 31.2 Å². The van der Waals surface area contributed by atoms with E-state index in [1.165, 1.54) is 77.1 Å². The average molecular weight is 899 g/mol. The van der Waals surface area contributed by atoms with Crippen molar-refractivity contribution < 1.29 is 0 Å². The lowest BCUT2D eigenvalue weighted by Gasteiger charge is -2.21. The highest BCUT2D eigenvalue weighted by molar-refractivity contribution is 9.10. The van der Waals surface area contributed by atoms with Crippen molar-refractivity contribution in [3.8, 4) is 27.9 Å². The molecule has 0 atom stereocenters. The minimum absolute atomic E-state index is 0.00624. The first-order valence-electron chi connectivity index (χ1n) is 21.0. The minimum atomic E-state index is -0.00624. The van der Waals surface area contributed by atoms with E-state index >= 15 is 0 Å². The van der Waals surface area contributed by atoms with Crippen molar-refractivity contribution in [1.29, 1.82) is 0 Å². The Bertz CT molecular complexity index is 3250. The number of nitrogens with zero attached hydrogens (tertiary/aromatic N) is 1. The quantitative estimate of drug-likeness (QED) is 0.169. The molecule has 302 valence electrons. The van der Waals surface area contributed by atoms with Gasteiger partial charge in [-0.25, -0.2) is 0 Å². The molecule has 2 aliphatic rings. The van der Waals surface area contributed by atoms with Crippen molar-refractivity contribution in [2.45, 2.75) is 52.4 Å². The molecule has 0 fully saturated rings. The molecular weight excluding hydrogens is 851 g/mol.